The van der Waals surface area contributed by atoms with Crippen molar-refractivity contribution in [1.29, 1.82) is 0 Å². The van der Waals surface area contributed by atoms with Gasteiger partial charge in [0.05, 0.1) is 22.1 Å². The molecule has 1 heterocycles. The molecule has 4 nitrogen and oxygen atoms in total. The van der Waals surface area contributed by atoms with Crippen LogP contribution in [-0.4, -0.2) is 9.55 Å². The SMILES string of the molecule is Cc1ncn(Cc2ccc(Br)cc2N)c(=O)c1I. The van der Waals surface area contributed by atoms with E-state index in [0.717, 1.165) is 15.7 Å². The minimum Gasteiger partial charge on any atom is -0.398 e. The van der Waals surface area contributed by atoms with Crippen LogP contribution in [0.2, 0.25) is 0 Å². The third-order valence-corrected chi connectivity index (χ3v) is 4.34. The van der Waals surface area contributed by atoms with Crippen LogP contribution in [0.3, 0.4) is 0 Å². The van der Waals surface area contributed by atoms with Gasteiger partial charge in [-0.3, -0.25) is 9.36 Å². The topological polar surface area (TPSA) is 60.9 Å². The third-order valence-electron chi connectivity index (χ3n) is 2.61. The predicted molar refractivity (Wildman–Crippen MR) is 83.6 cm³/mol. The number of rotatable bonds is 2. The van der Waals surface area contributed by atoms with E-state index in [-0.39, 0.29) is 5.56 Å². The molecule has 0 aliphatic heterocycles. The summed E-state index contributed by atoms with van der Waals surface area (Å²) >= 11 is 5.37. The second-order valence-corrected chi connectivity index (χ2v) is 5.91. The number of halogens is 2. The summed E-state index contributed by atoms with van der Waals surface area (Å²) in [5, 5.41) is 0. The van der Waals surface area contributed by atoms with Crippen LogP contribution in [-0.2, 0) is 6.54 Å². The van der Waals surface area contributed by atoms with Crippen LogP contribution in [0, 0.1) is 10.5 Å². The molecular formula is C12H11BrIN3O. The maximum atomic E-state index is 12.0. The highest BCUT2D eigenvalue weighted by Gasteiger charge is 2.07. The number of nitrogen functional groups attached to an aromatic ring is 1. The molecule has 2 aromatic rings. The van der Waals surface area contributed by atoms with Gasteiger partial charge in [0.15, 0.2) is 0 Å². The van der Waals surface area contributed by atoms with E-state index in [0.29, 0.717) is 15.8 Å². The van der Waals surface area contributed by atoms with Gasteiger partial charge in [0, 0.05) is 10.2 Å². The number of nitrogens with two attached hydrogens (primary N) is 1. The van der Waals surface area contributed by atoms with Crippen molar-refractivity contribution >= 4 is 44.2 Å². The Morgan fingerprint density at radius 3 is 2.89 bits per heavy atom. The van der Waals surface area contributed by atoms with Gasteiger partial charge in [0.25, 0.3) is 5.56 Å². The third kappa shape index (κ3) is 2.74. The first-order chi connectivity index (χ1) is 8.49. The summed E-state index contributed by atoms with van der Waals surface area (Å²) in [4.78, 5) is 16.2. The van der Waals surface area contributed by atoms with Crippen molar-refractivity contribution in [3.63, 3.8) is 0 Å². The summed E-state index contributed by atoms with van der Waals surface area (Å²) in [6.07, 6.45) is 1.56. The average Bonchev–Trinajstić information content (AvgIpc) is 2.33. The molecule has 0 amide bonds. The number of hydrogen-bond donors (Lipinski definition) is 1. The molecule has 0 saturated carbocycles. The van der Waals surface area contributed by atoms with Crippen LogP contribution in [0.5, 0.6) is 0 Å². The Kier molecular flexibility index (Phi) is 4.06. The first kappa shape index (κ1) is 13.5. The van der Waals surface area contributed by atoms with Gasteiger partial charge in [-0.25, -0.2) is 4.98 Å². The van der Waals surface area contributed by atoms with E-state index >= 15 is 0 Å². The molecule has 0 fully saturated rings. The molecule has 0 aliphatic rings. The predicted octanol–water partition coefficient (Wildman–Crippen LogP) is 2.55. The lowest BCUT2D eigenvalue weighted by Gasteiger charge is -2.09. The lowest BCUT2D eigenvalue weighted by atomic mass is 10.2. The molecule has 18 heavy (non-hydrogen) atoms. The highest BCUT2D eigenvalue weighted by atomic mass is 127. The number of hydrogen-bond acceptors (Lipinski definition) is 3. The van der Waals surface area contributed by atoms with Crippen molar-refractivity contribution in [1.82, 2.24) is 9.55 Å². The van der Waals surface area contributed by atoms with Crippen LogP contribution in [0.1, 0.15) is 11.3 Å². The summed E-state index contributed by atoms with van der Waals surface area (Å²) in [6, 6.07) is 5.63. The summed E-state index contributed by atoms with van der Waals surface area (Å²) in [5.74, 6) is 0. The molecule has 0 saturated heterocycles. The molecule has 6 heteroatoms. The van der Waals surface area contributed by atoms with Crippen molar-refractivity contribution in [2.75, 3.05) is 5.73 Å². The quantitative estimate of drug-likeness (QED) is 0.601. The van der Waals surface area contributed by atoms with Gasteiger partial charge in [-0.15, -0.1) is 0 Å². The Morgan fingerprint density at radius 1 is 1.50 bits per heavy atom. The molecule has 0 bridgehead atoms. The van der Waals surface area contributed by atoms with Crippen LogP contribution < -0.4 is 11.3 Å². The van der Waals surface area contributed by atoms with E-state index in [1.54, 1.807) is 10.9 Å². The Labute approximate surface area is 126 Å². The minimum atomic E-state index is -0.0366. The Hall–Kier alpha value is -0.890. The standard InChI is InChI=1S/C12H11BrIN3O/c1-7-11(14)12(18)17(6-16-7)5-8-2-3-9(13)4-10(8)15/h2-4,6H,5,15H2,1H3. The zero-order chi connectivity index (χ0) is 13.3. The van der Waals surface area contributed by atoms with Gasteiger partial charge in [-0.1, -0.05) is 22.0 Å². The fourth-order valence-corrected chi connectivity index (χ4v) is 2.38. The van der Waals surface area contributed by atoms with Gasteiger partial charge in [0.1, 0.15) is 0 Å². The fourth-order valence-electron chi connectivity index (χ4n) is 1.55. The van der Waals surface area contributed by atoms with Gasteiger partial charge in [-0.2, -0.15) is 0 Å². The van der Waals surface area contributed by atoms with Crippen LogP contribution in [0.25, 0.3) is 0 Å². The van der Waals surface area contributed by atoms with Crippen LogP contribution in [0.15, 0.2) is 33.8 Å². The van der Waals surface area contributed by atoms with Crippen molar-refractivity contribution in [2.24, 2.45) is 0 Å². The van der Waals surface area contributed by atoms with E-state index < -0.39 is 0 Å². The number of benzene rings is 1. The highest BCUT2D eigenvalue weighted by Crippen LogP contribution is 2.19. The highest BCUT2D eigenvalue weighted by molar-refractivity contribution is 14.1. The smallest absolute Gasteiger partial charge is 0.267 e. The first-order valence-electron chi connectivity index (χ1n) is 5.24. The minimum absolute atomic E-state index is 0.0366. The summed E-state index contributed by atoms with van der Waals surface area (Å²) in [7, 11) is 0. The lowest BCUT2D eigenvalue weighted by molar-refractivity contribution is 0.725. The molecule has 1 aromatic carbocycles. The largest absolute Gasteiger partial charge is 0.398 e. The van der Waals surface area contributed by atoms with Crippen molar-refractivity contribution in [2.45, 2.75) is 13.5 Å². The molecule has 0 atom stereocenters. The zero-order valence-electron chi connectivity index (χ0n) is 9.65. The second-order valence-electron chi connectivity index (χ2n) is 3.92. The van der Waals surface area contributed by atoms with E-state index in [1.165, 1.54) is 0 Å². The zero-order valence-corrected chi connectivity index (χ0v) is 13.4. The normalized spacial score (nSPS) is 10.6. The molecule has 0 unspecified atom stereocenters. The summed E-state index contributed by atoms with van der Waals surface area (Å²) in [5.41, 5.74) is 8.20. The lowest BCUT2D eigenvalue weighted by Crippen LogP contribution is -2.24. The maximum absolute atomic E-state index is 12.0. The molecule has 2 rings (SSSR count). The Bertz CT molecular complexity index is 654. The van der Waals surface area contributed by atoms with Gasteiger partial charge in [0.2, 0.25) is 0 Å². The van der Waals surface area contributed by atoms with Gasteiger partial charge >= 0.3 is 0 Å². The number of aromatic nitrogens is 2. The Balaban J connectivity index is 2.41. The van der Waals surface area contributed by atoms with E-state index in [4.69, 9.17) is 5.73 Å². The maximum Gasteiger partial charge on any atom is 0.267 e. The molecule has 1 aromatic heterocycles. The van der Waals surface area contributed by atoms with E-state index in [1.807, 2.05) is 47.7 Å². The van der Waals surface area contributed by atoms with Crippen LogP contribution >= 0.6 is 38.5 Å². The van der Waals surface area contributed by atoms with Crippen molar-refractivity contribution in [3.05, 3.63) is 54.2 Å². The summed E-state index contributed by atoms with van der Waals surface area (Å²) < 4.78 is 3.13. The fraction of sp³-hybridized carbons (Fsp3) is 0.167. The first-order valence-corrected chi connectivity index (χ1v) is 7.11. The van der Waals surface area contributed by atoms with Crippen LogP contribution in [0.4, 0.5) is 5.69 Å². The average molecular weight is 420 g/mol. The van der Waals surface area contributed by atoms with Crippen molar-refractivity contribution in [3.8, 4) is 0 Å². The number of anilines is 1. The molecular weight excluding hydrogens is 409 g/mol. The van der Waals surface area contributed by atoms with Crippen molar-refractivity contribution < 1.29 is 0 Å². The monoisotopic (exact) mass is 419 g/mol. The molecule has 0 radical (unpaired) electrons. The summed E-state index contributed by atoms with van der Waals surface area (Å²) in [6.45, 7) is 2.25. The molecule has 2 N–H and O–H groups in total. The van der Waals surface area contributed by atoms with Gasteiger partial charge in [-0.05, 0) is 47.2 Å². The Morgan fingerprint density at radius 2 is 2.22 bits per heavy atom. The van der Waals surface area contributed by atoms with Gasteiger partial charge < -0.3 is 5.73 Å². The number of nitrogens with zero attached hydrogens (tertiary/aromatic N) is 2. The van der Waals surface area contributed by atoms with E-state index in [2.05, 4.69) is 20.9 Å². The van der Waals surface area contributed by atoms with E-state index in [9.17, 15) is 4.79 Å². The molecule has 0 spiro atoms. The molecule has 0 aliphatic carbocycles. The second kappa shape index (κ2) is 5.40. The molecule has 94 valence electrons. The number of aryl methyl sites for hydroxylation is 1.